The summed E-state index contributed by atoms with van der Waals surface area (Å²) in [6.45, 7) is 2.17. The molecule has 1 aromatic heterocycles. The molecule has 2 aromatic rings. The number of para-hydroxylation sites is 1. The molecule has 5 nitrogen and oxygen atoms in total. The number of hydrogen-bond donors (Lipinski definition) is 2. The lowest BCUT2D eigenvalue weighted by atomic mass is 9.43. The lowest BCUT2D eigenvalue weighted by Crippen LogP contribution is -2.76. The number of likely N-dealkylation sites (tertiary alicyclic amines) is 1. The maximum Gasteiger partial charge on any atom is 0.138 e. The maximum atomic E-state index is 12.8. The molecule has 31 heavy (non-hydrogen) atoms. The molecule has 164 valence electrons. The molecule has 0 radical (unpaired) electrons. The van der Waals surface area contributed by atoms with Crippen molar-refractivity contribution in [1.29, 1.82) is 0 Å². The quantitative estimate of drug-likeness (QED) is 0.778. The number of fused-ring (bicyclic) bond motifs is 4. The van der Waals surface area contributed by atoms with Crippen molar-refractivity contribution in [3.63, 3.8) is 0 Å². The molecule has 8 atom stereocenters. The van der Waals surface area contributed by atoms with E-state index >= 15 is 0 Å². The van der Waals surface area contributed by atoms with Crippen LogP contribution in [-0.2, 0) is 11.2 Å². The average molecular weight is 422 g/mol. The predicted octanol–water partition coefficient (Wildman–Crippen LogP) is 3.42. The molecule has 5 heteroatoms. The summed E-state index contributed by atoms with van der Waals surface area (Å²) in [5, 5.41) is 24.8. The minimum absolute atomic E-state index is 0.176. The van der Waals surface area contributed by atoms with E-state index in [2.05, 4.69) is 17.0 Å². The highest BCUT2D eigenvalue weighted by atomic mass is 16.5. The molecule has 3 saturated carbocycles. The van der Waals surface area contributed by atoms with Crippen LogP contribution in [0.3, 0.4) is 0 Å². The van der Waals surface area contributed by atoms with Gasteiger partial charge in [-0.1, -0.05) is 18.2 Å². The number of hydrogen-bond acceptors (Lipinski definition) is 5. The standard InChI is InChI=1S/C26H31NO4/c28-18-8-7-15-11-20-26(29)12-17-16-3-1-2-4-19(16)30-22(17)24-25(26,21(15)23(18)31-24)9-10-27(20)13-14-5-6-14/h1-4,14-15,18,20-21,23-24,28-29H,5-13H2/t15?,18?,20?,21?,23?,24-,25?,26?/m0/s1. The fraction of sp³-hybridized carbons (Fsp3) is 0.692. The Hall–Kier alpha value is -1.40. The summed E-state index contributed by atoms with van der Waals surface area (Å²) in [5.41, 5.74) is 0.875. The summed E-state index contributed by atoms with van der Waals surface area (Å²) >= 11 is 0. The van der Waals surface area contributed by atoms with Gasteiger partial charge in [-0.05, 0) is 63.0 Å². The summed E-state index contributed by atoms with van der Waals surface area (Å²) in [7, 11) is 0. The molecule has 7 unspecified atom stereocenters. The van der Waals surface area contributed by atoms with Gasteiger partial charge < -0.3 is 19.4 Å². The lowest BCUT2D eigenvalue weighted by Gasteiger charge is -2.67. The fourth-order valence-electron chi connectivity index (χ4n) is 8.81. The normalized spacial score (nSPS) is 47.9. The monoisotopic (exact) mass is 421 g/mol. The molecular weight excluding hydrogens is 390 g/mol. The van der Waals surface area contributed by atoms with Gasteiger partial charge in [-0.2, -0.15) is 0 Å². The smallest absolute Gasteiger partial charge is 0.138 e. The van der Waals surface area contributed by atoms with Crippen LogP contribution in [-0.4, -0.2) is 52.1 Å². The minimum atomic E-state index is -0.822. The fourth-order valence-corrected chi connectivity index (χ4v) is 8.81. The highest BCUT2D eigenvalue weighted by molar-refractivity contribution is 5.83. The first kappa shape index (κ1) is 18.1. The first-order chi connectivity index (χ1) is 15.1. The maximum absolute atomic E-state index is 12.8. The zero-order valence-corrected chi connectivity index (χ0v) is 17.9. The van der Waals surface area contributed by atoms with Gasteiger partial charge in [0.25, 0.3) is 0 Å². The zero-order chi connectivity index (χ0) is 20.5. The summed E-state index contributed by atoms with van der Waals surface area (Å²) in [6, 6.07) is 8.42. The number of nitrogens with zero attached hydrogens (tertiary/aromatic N) is 1. The lowest BCUT2D eigenvalue weighted by molar-refractivity contribution is -0.249. The molecule has 2 aliphatic heterocycles. The van der Waals surface area contributed by atoms with Gasteiger partial charge in [-0.3, -0.25) is 4.90 Å². The number of benzene rings is 1. The van der Waals surface area contributed by atoms with Gasteiger partial charge in [0.15, 0.2) is 0 Å². The third-order valence-corrected chi connectivity index (χ3v) is 10.2. The highest BCUT2D eigenvalue weighted by Crippen LogP contribution is 2.73. The van der Waals surface area contributed by atoms with Crippen LogP contribution in [0, 0.1) is 23.2 Å². The van der Waals surface area contributed by atoms with Crippen molar-refractivity contribution in [2.24, 2.45) is 23.2 Å². The third kappa shape index (κ3) is 2.04. The van der Waals surface area contributed by atoms with E-state index in [1.54, 1.807) is 0 Å². The first-order valence-corrected chi connectivity index (χ1v) is 12.4. The molecule has 2 saturated heterocycles. The number of aliphatic hydroxyl groups is 2. The van der Waals surface area contributed by atoms with E-state index in [-0.39, 0.29) is 29.6 Å². The predicted molar refractivity (Wildman–Crippen MR) is 114 cm³/mol. The van der Waals surface area contributed by atoms with Crippen LogP contribution in [0.25, 0.3) is 11.0 Å². The van der Waals surface area contributed by atoms with Crippen molar-refractivity contribution < 1.29 is 19.4 Å². The van der Waals surface area contributed by atoms with Crippen LogP contribution >= 0.6 is 0 Å². The minimum Gasteiger partial charge on any atom is -0.458 e. The van der Waals surface area contributed by atoms with E-state index in [0.717, 1.165) is 67.0 Å². The van der Waals surface area contributed by atoms with Crippen molar-refractivity contribution in [2.45, 2.75) is 74.9 Å². The Kier molecular flexibility index (Phi) is 3.35. The van der Waals surface area contributed by atoms with E-state index in [0.29, 0.717) is 12.3 Å². The van der Waals surface area contributed by atoms with Crippen molar-refractivity contribution in [2.75, 3.05) is 13.1 Å². The molecule has 2 bridgehead atoms. The van der Waals surface area contributed by atoms with Gasteiger partial charge in [-0.15, -0.1) is 0 Å². The SMILES string of the molecule is OC1CCC2CC3N(CC4CC4)CCC45C2C1O[C@H]4c1oc2ccccc2c1CC35O. The zero-order valence-electron chi connectivity index (χ0n) is 17.9. The van der Waals surface area contributed by atoms with Crippen LogP contribution in [0.5, 0.6) is 0 Å². The highest BCUT2D eigenvalue weighted by Gasteiger charge is 2.78. The second-order valence-electron chi connectivity index (χ2n) is 11.4. The van der Waals surface area contributed by atoms with E-state index < -0.39 is 11.7 Å². The van der Waals surface area contributed by atoms with E-state index in [4.69, 9.17) is 9.15 Å². The number of rotatable bonds is 2. The van der Waals surface area contributed by atoms with Crippen LogP contribution in [0.4, 0.5) is 0 Å². The molecule has 5 fully saturated rings. The molecule has 3 heterocycles. The Balaban J connectivity index is 1.36. The molecule has 1 aromatic carbocycles. The second-order valence-corrected chi connectivity index (χ2v) is 11.4. The molecular formula is C26H31NO4. The van der Waals surface area contributed by atoms with Gasteiger partial charge in [0.2, 0.25) is 0 Å². The molecule has 0 amide bonds. The van der Waals surface area contributed by atoms with Gasteiger partial charge in [0.1, 0.15) is 17.4 Å². The summed E-state index contributed by atoms with van der Waals surface area (Å²) in [4.78, 5) is 2.64. The third-order valence-electron chi connectivity index (χ3n) is 10.2. The van der Waals surface area contributed by atoms with Crippen LogP contribution in [0.2, 0.25) is 0 Å². The van der Waals surface area contributed by atoms with Crippen LogP contribution < -0.4 is 0 Å². The number of piperidine rings is 1. The second kappa shape index (κ2) is 5.74. The Morgan fingerprint density at radius 3 is 2.87 bits per heavy atom. The van der Waals surface area contributed by atoms with E-state index in [1.807, 2.05) is 12.1 Å². The average Bonchev–Trinajstić information content (AvgIpc) is 3.40. The van der Waals surface area contributed by atoms with Crippen molar-refractivity contribution in [3.05, 3.63) is 35.6 Å². The Morgan fingerprint density at radius 2 is 2.00 bits per heavy atom. The Labute approximate surface area is 182 Å². The molecule has 2 N–H and O–H groups in total. The molecule has 4 aliphatic carbocycles. The van der Waals surface area contributed by atoms with Crippen LogP contribution in [0.15, 0.2) is 28.7 Å². The summed E-state index contributed by atoms with van der Waals surface area (Å²) < 4.78 is 13.2. The van der Waals surface area contributed by atoms with Gasteiger partial charge in [0.05, 0.1) is 17.8 Å². The topological polar surface area (TPSA) is 66.1 Å². The summed E-state index contributed by atoms with van der Waals surface area (Å²) in [6.07, 6.45) is 6.33. The Morgan fingerprint density at radius 1 is 1.13 bits per heavy atom. The van der Waals surface area contributed by atoms with Crippen molar-refractivity contribution in [3.8, 4) is 0 Å². The van der Waals surface area contributed by atoms with E-state index in [9.17, 15) is 10.2 Å². The Bertz CT molecular complexity index is 1080. The van der Waals surface area contributed by atoms with E-state index in [1.165, 1.54) is 12.8 Å². The van der Waals surface area contributed by atoms with Gasteiger partial charge in [-0.25, -0.2) is 0 Å². The largest absolute Gasteiger partial charge is 0.458 e. The number of aliphatic hydroxyl groups excluding tert-OH is 1. The molecule has 8 rings (SSSR count). The molecule has 1 spiro atoms. The van der Waals surface area contributed by atoms with Crippen LogP contribution in [0.1, 0.15) is 56.0 Å². The van der Waals surface area contributed by atoms with Gasteiger partial charge >= 0.3 is 0 Å². The first-order valence-electron chi connectivity index (χ1n) is 12.4. The van der Waals surface area contributed by atoms with Gasteiger partial charge in [0, 0.05) is 41.3 Å². The summed E-state index contributed by atoms with van der Waals surface area (Å²) in [5.74, 6) is 2.51. The van der Waals surface area contributed by atoms with Crippen molar-refractivity contribution in [1.82, 2.24) is 4.90 Å². The number of furan rings is 1. The number of ether oxygens (including phenoxy) is 1. The van der Waals surface area contributed by atoms with Crippen molar-refractivity contribution >= 4 is 11.0 Å². The molecule has 6 aliphatic rings.